The van der Waals surface area contributed by atoms with Crippen LogP contribution in [0.2, 0.25) is 0 Å². The number of ether oxygens (including phenoxy) is 1. The molecule has 0 fully saturated rings. The SMILES string of the molecule is COC(=O)CC(C)NCc1ccno1. The Hall–Kier alpha value is -1.36. The van der Waals surface area contributed by atoms with E-state index in [2.05, 4.69) is 15.2 Å². The lowest BCUT2D eigenvalue weighted by molar-refractivity contribution is -0.141. The van der Waals surface area contributed by atoms with Gasteiger partial charge in [-0.15, -0.1) is 0 Å². The van der Waals surface area contributed by atoms with Gasteiger partial charge in [-0.2, -0.15) is 0 Å². The van der Waals surface area contributed by atoms with Gasteiger partial charge < -0.3 is 14.6 Å². The summed E-state index contributed by atoms with van der Waals surface area (Å²) in [6.07, 6.45) is 1.94. The van der Waals surface area contributed by atoms with Crippen molar-refractivity contribution in [2.45, 2.75) is 25.9 Å². The van der Waals surface area contributed by atoms with Crippen molar-refractivity contribution >= 4 is 5.97 Å². The molecule has 1 atom stereocenters. The molecule has 0 bridgehead atoms. The zero-order chi connectivity index (χ0) is 10.4. The van der Waals surface area contributed by atoms with Gasteiger partial charge in [0.05, 0.1) is 26.3 Å². The second kappa shape index (κ2) is 5.39. The van der Waals surface area contributed by atoms with Gasteiger partial charge in [0.15, 0.2) is 0 Å². The zero-order valence-corrected chi connectivity index (χ0v) is 8.32. The molecule has 0 radical (unpaired) electrons. The number of carbonyl (C=O) groups excluding carboxylic acids is 1. The van der Waals surface area contributed by atoms with Gasteiger partial charge in [-0.1, -0.05) is 5.16 Å². The van der Waals surface area contributed by atoms with Crippen molar-refractivity contribution in [1.29, 1.82) is 0 Å². The molecule has 0 aliphatic rings. The Bertz CT molecular complexity index is 272. The van der Waals surface area contributed by atoms with Crippen molar-refractivity contribution < 1.29 is 14.1 Å². The van der Waals surface area contributed by atoms with Crippen LogP contribution in [-0.4, -0.2) is 24.3 Å². The highest BCUT2D eigenvalue weighted by molar-refractivity contribution is 5.69. The second-order valence-corrected chi connectivity index (χ2v) is 3.04. The van der Waals surface area contributed by atoms with E-state index in [1.54, 1.807) is 12.3 Å². The summed E-state index contributed by atoms with van der Waals surface area (Å²) in [7, 11) is 1.38. The fraction of sp³-hybridized carbons (Fsp3) is 0.556. The third-order valence-corrected chi connectivity index (χ3v) is 1.82. The number of hydrogen-bond donors (Lipinski definition) is 1. The lowest BCUT2D eigenvalue weighted by atomic mass is 10.2. The van der Waals surface area contributed by atoms with E-state index in [-0.39, 0.29) is 12.0 Å². The monoisotopic (exact) mass is 198 g/mol. The fourth-order valence-corrected chi connectivity index (χ4v) is 1.01. The first-order valence-electron chi connectivity index (χ1n) is 4.42. The molecule has 0 aliphatic carbocycles. The molecule has 5 heteroatoms. The number of nitrogens with one attached hydrogen (secondary N) is 1. The standard InChI is InChI=1S/C9H14N2O3/c1-7(5-9(12)13-2)10-6-8-3-4-11-14-8/h3-4,7,10H,5-6H2,1-2H3. The summed E-state index contributed by atoms with van der Waals surface area (Å²) < 4.78 is 9.43. The van der Waals surface area contributed by atoms with Crippen molar-refractivity contribution in [3.63, 3.8) is 0 Å². The Labute approximate surface area is 82.4 Å². The minimum absolute atomic E-state index is 0.0625. The summed E-state index contributed by atoms with van der Waals surface area (Å²) in [5, 5.41) is 6.69. The van der Waals surface area contributed by atoms with Crippen LogP contribution in [0.3, 0.4) is 0 Å². The number of hydrogen-bond acceptors (Lipinski definition) is 5. The second-order valence-electron chi connectivity index (χ2n) is 3.04. The van der Waals surface area contributed by atoms with Crippen LogP contribution in [0.15, 0.2) is 16.8 Å². The van der Waals surface area contributed by atoms with E-state index < -0.39 is 0 Å². The van der Waals surface area contributed by atoms with Crippen LogP contribution in [-0.2, 0) is 16.1 Å². The molecular weight excluding hydrogens is 184 g/mol. The minimum atomic E-state index is -0.220. The summed E-state index contributed by atoms with van der Waals surface area (Å²) in [6, 6.07) is 1.84. The van der Waals surface area contributed by atoms with E-state index in [1.807, 2.05) is 6.92 Å². The molecule has 0 amide bonds. The van der Waals surface area contributed by atoms with Gasteiger partial charge in [-0.05, 0) is 6.92 Å². The molecule has 1 aromatic heterocycles. The van der Waals surface area contributed by atoms with Gasteiger partial charge in [-0.3, -0.25) is 4.79 Å². The molecule has 5 nitrogen and oxygen atoms in total. The maximum Gasteiger partial charge on any atom is 0.307 e. The summed E-state index contributed by atoms with van der Waals surface area (Å²) in [5.41, 5.74) is 0. The lowest BCUT2D eigenvalue weighted by Crippen LogP contribution is -2.28. The van der Waals surface area contributed by atoms with Crippen LogP contribution in [0.4, 0.5) is 0 Å². The minimum Gasteiger partial charge on any atom is -0.469 e. The lowest BCUT2D eigenvalue weighted by Gasteiger charge is -2.10. The highest BCUT2D eigenvalue weighted by Gasteiger charge is 2.08. The Balaban J connectivity index is 2.21. The molecule has 1 heterocycles. The van der Waals surface area contributed by atoms with Crippen molar-refractivity contribution in [2.75, 3.05) is 7.11 Å². The maximum absolute atomic E-state index is 10.9. The van der Waals surface area contributed by atoms with E-state index in [0.29, 0.717) is 13.0 Å². The molecule has 0 saturated carbocycles. The van der Waals surface area contributed by atoms with Crippen LogP contribution < -0.4 is 5.32 Å². The first-order valence-corrected chi connectivity index (χ1v) is 4.42. The van der Waals surface area contributed by atoms with Gasteiger partial charge in [0.25, 0.3) is 0 Å². The van der Waals surface area contributed by atoms with Gasteiger partial charge in [0.1, 0.15) is 5.76 Å². The first kappa shape index (κ1) is 10.7. The van der Waals surface area contributed by atoms with E-state index in [0.717, 1.165) is 5.76 Å². The average molecular weight is 198 g/mol. The normalized spacial score (nSPS) is 12.4. The van der Waals surface area contributed by atoms with E-state index in [4.69, 9.17) is 4.52 Å². The molecule has 0 saturated heterocycles. The Morgan fingerprint density at radius 1 is 1.79 bits per heavy atom. The summed E-state index contributed by atoms with van der Waals surface area (Å²) in [4.78, 5) is 10.9. The predicted octanol–water partition coefficient (Wildman–Crippen LogP) is 0.716. The topological polar surface area (TPSA) is 64.4 Å². The number of carbonyl (C=O) groups is 1. The maximum atomic E-state index is 10.9. The molecule has 1 rings (SSSR count). The summed E-state index contributed by atoms with van der Waals surface area (Å²) >= 11 is 0. The van der Waals surface area contributed by atoms with E-state index >= 15 is 0 Å². The number of methoxy groups -OCH3 is 1. The van der Waals surface area contributed by atoms with Crippen LogP contribution in [0.1, 0.15) is 19.1 Å². The Kier molecular flexibility index (Phi) is 4.12. The molecule has 0 spiro atoms. The van der Waals surface area contributed by atoms with Crippen LogP contribution in [0, 0.1) is 0 Å². The van der Waals surface area contributed by atoms with E-state index in [1.165, 1.54) is 7.11 Å². The predicted molar refractivity (Wildman–Crippen MR) is 49.4 cm³/mol. The van der Waals surface area contributed by atoms with Crippen molar-refractivity contribution in [3.05, 3.63) is 18.0 Å². The average Bonchev–Trinajstić information content (AvgIpc) is 2.67. The zero-order valence-electron chi connectivity index (χ0n) is 8.32. The molecule has 0 aliphatic heterocycles. The summed E-state index contributed by atoms with van der Waals surface area (Å²) in [6.45, 7) is 2.48. The molecular formula is C9H14N2O3. The van der Waals surface area contributed by atoms with Crippen LogP contribution in [0.25, 0.3) is 0 Å². The molecule has 14 heavy (non-hydrogen) atoms. The molecule has 1 unspecified atom stereocenters. The van der Waals surface area contributed by atoms with Crippen molar-refractivity contribution in [2.24, 2.45) is 0 Å². The smallest absolute Gasteiger partial charge is 0.307 e. The van der Waals surface area contributed by atoms with Gasteiger partial charge >= 0.3 is 5.97 Å². The van der Waals surface area contributed by atoms with E-state index in [9.17, 15) is 4.79 Å². The quantitative estimate of drug-likeness (QED) is 0.706. The van der Waals surface area contributed by atoms with Crippen molar-refractivity contribution in [1.82, 2.24) is 10.5 Å². The Morgan fingerprint density at radius 3 is 3.14 bits per heavy atom. The number of aromatic nitrogens is 1. The third kappa shape index (κ3) is 3.57. The largest absolute Gasteiger partial charge is 0.469 e. The molecule has 78 valence electrons. The van der Waals surface area contributed by atoms with Gasteiger partial charge in [0.2, 0.25) is 0 Å². The highest BCUT2D eigenvalue weighted by Crippen LogP contribution is 1.98. The number of nitrogens with zero attached hydrogens (tertiary/aromatic N) is 1. The van der Waals surface area contributed by atoms with Gasteiger partial charge in [0, 0.05) is 12.1 Å². The van der Waals surface area contributed by atoms with Crippen LogP contribution >= 0.6 is 0 Å². The third-order valence-electron chi connectivity index (χ3n) is 1.82. The van der Waals surface area contributed by atoms with Crippen LogP contribution in [0.5, 0.6) is 0 Å². The number of esters is 1. The molecule has 0 aromatic carbocycles. The first-order chi connectivity index (χ1) is 6.72. The molecule has 1 aromatic rings. The number of rotatable bonds is 5. The molecule has 1 N–H and O–H groups in total. The van der Waals surface area contributed by atoms with Crippen molar-refractivity contribution in [3.8, 4) is 0 Å². The Morgan fingerprint density at radius 2 is 2.57 bits per heavy atom. The highest BCUT2D eigenvalue weighted by atomic mass is 16.5. The fourth-order valence-electron chi connectivity index (χ4n) is 1.01. The summed E-state index contributed by atoms with van der Waals surface area (Å²) in [5.74, 6) is 0.532. The van der Waals surface area contributed by atoms with Gasteiger partial charge in [-0.25, -0.2) is 0 Å².